The first kappa shape index (κ1) is 12.8. The summed E-state index contributed by atoms with van der Waals surface area (Å²) in [5.74, 6) is 0.749. The fourth-order valence-corrected chi connectivity index (χ4v) is 2.89. The van der Waals surface area contributed by atoms with Gasteiger partial charge in [-0.1, -0.05) is 12.8 Å². The van der Waals surface area contributed by atoms with Crippen molar-refractivity contribution in [3.8, 4) is 0 Å². The number of nitrogens with two attached hydrogens (primary N) is 1. The predicted octanol–water partition coefficient (Wildman–Crippen LogP) is 0.714. The standard InChI is InChI=1S/C13H25N3O/c1-16(9-13(17)15-11-6-7-11)12-5-3-2-4-10(12)8-14/h10-12H,2-9,14H2,1H3,(H,15,17). The molecule has 17 heavy (non-hydrogen) atoms. The SMILES string of the molecule is CN(CC(=O)NC1CC1)C1CCCCC1CN. The van der Waals surface area contributed by atoms with Crippen LogP contribution in [0.5, 0.6) is 0 Å². The van der Waals surface area contributed by atoms with E-state index in [-0.39, 0.29) is 5.91 Å². The van der Waals surface area contributed by atoms with E-state index in [1.807, 2.05) is 0 Å². The zero-order chi connectivity index (χ0) is 12.3. The van der Waals surface area contributed by atoms with Crippen LogP contribution in [0, 0.1) is 5.92 Å². The van der Waals surface area contributed by atoms with Gasteiger partial charge in [0, 0.05) is 12.1 Å². The molecule has 98 valence electrons. The average molecular weight is 239 g/mol. The molecule has 2 rings (SSSR count). The Morgan fingerprint density at radius 2 is 2.00 bits per heavy atom. The predicted molar refractivity (Wildman–Crippen MR) is 68.6 cm³/mol. The van der Waals surface area contributed by atoms with Crippen LogP contribution in [0.4, 0.5) is 0 Å². The topological polar surface area (TPSA) is 58.4 Å². The minimum absolute atomic E-state index is 0.177. The van der Waals surface area contributed by atoms with Crippen LogP contribution in [-0.4, -0.2) is 43.0 Å². The normalized spacial score (nSPS) is 29.4. The number of rotatable bonds is 5. The van der Waals surface area contributed by atoms with Gasteiger partial charge in [-0.2, -0.15) is 0 Å². The zero-order valence-electron chi connectivity index (χ0n) is 10.8. The van der Waals surface area contributed by atoms with Crippen molar-refractivity contribution < 1.29 is 4.79 Å². The number of hydrogen-bond donors (Lipinski definition) is 2. The van der Waals surface area contributed by atoms with Gasteiger partial charge in [-0.25, -0.2) is 0 Å². The molecule has 2 fully saturated rings. The molecular weight excluding hydrogens is 214 g/mol. The number of hydrogen-bond acceptors (Lipinski definition) is 3. The van der Waals surface area contributed by atoms with E-state index in [1.165, 1.54) is 25.7 Å². The molecule has 0 radical (unpaired) electrons. The Bertz CT molecular complexity index is 265. The minimum atomic E-state index is 0.177. The van der Waals surface area contributed by atoms with E-state index in [0.29, 0.717) is 24.5 Å². The Kier molecular flexibility index (Phi) is 4.40. The molecular formula is C13H25N3O. The molecule has 0 bridgehead atoms. The smallest absolute Gasteiger partial charge is 0.234 e. The molecule has 0 aromatic carbocycles. The fraction of sp³-hybridized carbons (Fsp3) is 0.923. The Balaban J connectivity index is 1.79. The largest absolute Gasteiger partial charge is 0.352 e. The van der Waals surface area contributed by atoms with Crippen molar-refractivity contribution in [3.05, 3.63) is 0 Å². The molecule has 0 aromatic rings. The van der Waals surface area contributed by atoms with Gasteiger partial charge in [-0.3, -0.25) is 9.69 Å². The van der Waals surface area contributed by atoms with Gasteiger partial charge < -0.3 is 11.1 Å². The van der Waals surface area contributed by atoms with E-state index < -0.39 is 0 Å². The first-order valence-electron chi connectivity index (χ1n) is 6.90. The summed E-state index contributed by atoms with van der Waals surface area (Å²) in [4.78, 5) is 14.0. The average Bonchev–Trinajstić information content (AvgIpc) is 3.12. The Morgan fingerprint density at radius 1 is 1.29 bits per heavy atom. The van der Waals surface area contributed by atoms with Crippen LogP contribution in [0.25, 0.3) is 0 Å². The van der Waals surface area contributed by atoms with Crippen LogP contribution in [0.2, 0.25) is 0 Å². The highest BCUT2D eigenvalue weighted by molar-refractivity contribution is 5.78. The molecule has 0 saturated heterocycles. The maximum absolute atomic E-state index is 11.8. The third-order valence-corrected chi connectivity index (χ3v) is 4.07. The summed E-state index contributed by atoms with van der Waals surface area (Å²) in [6.45, 7) is 1.27. The molecule has 4 nitrogen and oxygen atoms in total. The Morgan fingerprint density at radius 3 is 2.65 bits per heavy atom. The fourth-order valence-electron chi connectivity index (χ4n) is 2.89. The molecule has 2 aliphatic carbocycles. The van der Waals surface area contributed by atoms with Crippen LogP contribution in [0.3, 0.4) is 0 Å². The van der Waals surface area contributed by atoms with E-state index in [1.54, 1.807) is 0 Å². The van der Waals surface area contributed by atoms with Crippen LogP contribution < -0.4 is 11.1 Å². The first-order valence-corrected chi connectivity index (χ1v) is 6.90. The lowest BCUT2D eigenvalue weighted by Crippen LogP contribution is -2.47. The second-order valence-corrected chi connectivity index (χ2v) is 5.60. The van der Waals surface area contributed by atoms with Crippen molar-refractivity contribution >= 4 is 5.91 Å². The molecule has 0 aliphatic heterocycles. The third-order valence-electron chi connectivity index (χ3n) is 4.07. The Labute approximate surface area is 104 Å². The lowest BCUT2D eigenvalue weighted by Gasteiger charge is -2.37. The monoisotopic (exact) mass is 239 g/mol. The molecule has 1 amide bonds. The molecule has 0 aromatic heterocycles. The van der Waals surface area contributed by atoms with E-state index >= 15 is 0 Å². The molecule has 0 heterocycles. The highest BCUT2D eigenvalue weighted by atomic mass is 16.2. The van der Waals surface area contributed by atoms with E-state index in [0.717, 1.165) is 19.4 Å². The maximum Gasteiger partial charge on any atom is 0.234 e. The quantitative estimate of drug-likeness (QED) is 0.743. The first-order chi connectivity index (χ1) is 8.20. The van der Waals surface area contributed by atoms with Gasteiger partial charge in [0.15, 0.2) is 0 Å². The van der Waals surface area contributed by atoms with Gasteiger partial charge in [-0.05, 0) is 45.2 Å². The summed E-state index contributed by atoms with van der Waals surface area (Å²) in [6.07, 6.45) is 7.29. The minimum Gasteiger partial charge on any atom is -0.352 e. The van der Waals surface area contributed by atoms with Crippen molar-refractivity contribution in [3.63, 3.8) is 0 Å². The van der Waals surface area contributed by atoms with Crippen molar-refractivity contribution in [2.24, 2.45) is 11.7 Å². The number of carbonyl (C=O) groups is 1. The second kappa shape index (κ2) is 5.83. The second-order valence-electron chi connectivity index (χ2n) is 5.60. The summed E-state index contributed by atoms with van der Waals surface area (Å²) in [7, 11) is 2.06. The van der Waals surface area contributed by atoms with Crippen molar-refractivity contribution in [1.29, 1.82) is 0 Å². The van der Waals surface area contributed by atoms with Gasteiger partial charge in [0.25, 0.3) is 0 Å². The van der Waals surface area contributed by atoms with Crippen LogP contribution in [0.15, 0.2) is 0 Å². The molecule has 2 unspecified atom stereocenters. The van der Waals surface area contributed by atoms with Gasteiger partial charge in [0.2, 0.25) is 5.91 Å². The summed E-state index contributed by atoms with van der Waals surface area (Å²) in [5.41, 5.74) is 5.83. The van der Waals surface area contributed by atoms with Crippen molar-refractivity contribution in [2.45, 2.75) is 50.6 Å². The van der Waals surface area contributed by atoms with Crippen LogP contribution in [-0.2, 0) is 4.79 Å². The highest BCUT2D eigenvalue weighted by Crippen LogP contribution is 2.27. The zero-order valence-corrected chi connectivity index (χ0v) is 10.8. The number of amides is 1. The lowest BCUT2D eigenvalue weighted by molar-refractivity contribution is -0.123. The van der Waals surface area contributed by atoms with Gasteiger partial charge in [-0.15, -0.1) is 0 Å². The number of carbonyl (C=O) groups excluding carboxylic acids is 1. The van der Waals surface area contributed by atoms with E-state index in [2.05, 4.69) is 17.3 Å². The van der Waals surface area contributed by atoms with Crippen molar-refractivity contribution in [2.75, 3.05) is 20.1 Å². The summed E-state index contributed by atoms with van der Waals surface area (Å²) in [6, 6.07) is 0.964. The molecule has 2 aliphatic rings. The van der Waals surface area contributed by atoms with Crippen LogP contribution in [0.1, 0.15) is 38.5 Å². The molecule has 3 N–H and O–H groups in total. The van der Waals surface area contributed by atoms with Crippen molar-refractivity contribution in [1.82, 2.24) is 10.2 Å². The van der Waals surface area contributed by atoms with E-state index in [4.69, 9.17) is 5.73 Å². The molecule has 0 spiro atoms. The summed E-state index contributed by atoms with van der Waals surface area (Å²) < 4.78 is 0. The number of nitrogens with one attached hydrogen (secondary N) is 1. The van der Waals surface area contributed by atoms with Gasteiger partial charge in [0.05, 0.1) is 6.54 Å². The summed E-state index contributed by atoms with van der Waals surface area (Å²) >= 11 is 0. The van der Waals surface area contributed by atoms with Crippen LogP contribution >= 0.6 is 0 Å². The molecule has 2 saturated carbocycles. The number of nitrogens with zero attached hydrogens (tertiary/aromatic N) is 1. The lowest BCUT2D eigenvalue weighted by atomic mass is 9.84. The van der Waals surface area contributed by atoms with Gasteiger partial charge >= 0.3 is 0 Å². The Hall–Kier alpha value is -0.610. The van der Waals surface area contributed by atoms with Gasteiger partial charge in [0.1, 0.15) is 0 Å². The molecule has 4 heteroatoms. The van der Waals surface area contributed by atoms with E-state index in [9.17, 15) is 4.79 Å². The molecule has 2 atom stereocenters. The summed E-state index contributed by atoms with van der Waals surface area (Å²) in [5, 5.41) is 3.04. The number of likely N-dealkylation sites (N-methyl/N-ethyl adjacent to an activating group) is 1. The third kappa shape index (κ3) is 3.68. The maximum atomic E-state index is 11.8. The highest BCUT2D eigenvalue weighted by Gasteiger charge is 2.29.